The highest BCUT2D eigenvalue weighted by molar-refractivity contribution is 7.12. The van der Waals surface area contributed by atoms with E-state index in [4.69, 9.17) is 5.11 Å². The van der Waals surface area contributed by atoms with E-state index in [1.807, 2.05) is 16.2 Å². The highest BCUT2D eigenvalue weighted by atomic mass is 32.1. The van der Waals surface area contributed by atoms with Crippen LogP contribution in [0.4, 0.5) is 0 Å². The van der Waals surface area contributed by atoms with E-state index < -0.39 is 5.97 Å². The Bertz CT molecular complexity index is 552. The molecule has 0 unspecified atom stereocenters. The lowest BCUT2D eigenvalue weighted by Crippen LogP contribution is -2.40. The van der Waals surface area contributed by atoms with Crippen LogP contribution in [0.3, 0.4) is 0 Å². The van der Waals surface area contributed by atoms with Crippen LogP contribution < -0.4 is 0 Å². The van der Waals surface area contributed by atoms with E-state index in [1.165, 1.54) is 15.3 Å². The van der Waals surface area contributed by atoms with Gasteiger partial charge in [0.05, 0.1) is 0 Å². The molecule has 1 aromatic heterocycles. The van der Waals surface area contributed by atoms with E-state index in [2.05, 4.69) is 19.9 Å². The van der Waals surface area contributed by atoms with Gasteiger partial charge in [0.15, 0.2) is 0 Å². The minimum Gasteiger partial charge on any atom is -0.481 e. The summed E-state index contributed by atoms with van der Waals surface area (Å²) in [6.07, 6.45) is 5.41. The largest absolute Gasteiger partial charge is 0.481 e. The molecule has 0 spiro atoms. The Morgan fingerprint density at radius 3 is 2.78 bits per heavy atom. The fourth-order valence-electron chi connectivity index (χ4n) is 3.37. The van der Waals surface area contributed by atoms with Crippen molar-refractivity contribution in [1.29, 1.82) is 0 Å². The molecular weight excluding hydrogens is 310 g/mol. The number of aliphatic carboxylic acids is 1. The van der Waals surface area contributed by atoms with Gasteiger partial charge in [-0.2, -0.15) is 0 Å². The van der Waals surface area contributed by atoms with Crippen molar-refractivity contribution in [3.63, 3.8) is 0 Å². The molecule has 0 aromatic carbocycles. The number of rotatable bonds is 7. The van der Waals surface area contributed by atoms with Crippen LogP contribution in [0.2, 0.25) is 0 Å². The highest BCUT2D eigenvalue weighted by Crippen LogP contribution is 2.24. The van der Waals surface area contributed by atoms with Crippen LogP contribution in [0.5, 0.6) is 0 Å². The third-order valence-corrected chi connectivity index (χ3v) is 5.63. The van der Waals surface area contributed by atoms with E-state index in [0.717, 1.165) is 38.8 Å². The summed E-state index contributed by atoms with van der Waals surface area (Å²) in [5.41, 5.74) is 1.37. The van der Waals surface area contributed by atoms with Gasteiger partial charge in [0.25, 0.3) is 0 Å². The maximum Gasteiger partial charge on any atom is 0.303 e. The Kier molecular flexibility index (Phi) is 6.63. The van der Waals surface area contributed by atoms with Crippen molar-refractivity contribution < 1.29 is 14.7 Å². The lowest BCUT2D eigenvalue weighted by molar-refractivity contribution is -0.137. The molecule has 23 heavy (non-hydrogen) atoms. The van der Waals surface area contributed by atoms with Gasteiger partial charge < -0.3 is 10.0 Å². The summed E-state index contributed by atoms with van der Waals surface area (Å²) in [5.74, 6) is -0.157. The van der Waals surface area contributed by atoms with Gasteiger partial charge in [0.2, 0.25) is 5.91 Å². The van der Waals surface area contributed by atoms with E-state index in [1.54, 1.807) is 0 Å². The molecule has 2 rings (SSSR count). The van der Waals surface area contributed by atoms with Gasteiger partial charge in [-0.1, -0.05) is 0 Å². The zero-order valence-electron chi connectivity index (χ0n) is 14.1. The smallest absolute Gasteiger partial charge is 0.303 e. The molecule has 1 N–H and O–H groups in total. The summed E-state index contributed by atoms with van der Waals surface area (Å²) in [6, 6.07) is 2.23. The normalized spacial score (nSPS) is 18.2. The number of carboxylic acids is 1. The first-order chi connectivity index (χ1) is 11.0. The molecule has 1 atom stereocenters. The van der Waals surface area contributed by atoms with Crippen molar-refractivity contribution in [1.82, 2.24) is 4.90 Å². The molecule has 128 valence electrons. The number of likely N-dealkylation sites (tertiary alicyclic amines) is 1. The summed E-state index contributed by atoms with van der Waals surface area (Å²) in [4.78, 5) is 27.7. The van der Waals surface area contributed by atoms with Gasteiger partial charge in [-0.25, -0.2) is 0 Å². The molecule has 1 amide bonds. The number of piperidine rings is 1. The fraction of sp³-hybridized carbons (Fsp3) is 0.667. The van der Waals surface area contributed by atoms with Gasteiger partial charge in [-0.15, -0.1) is 11.3 Å². The number of carbonyl (C=O) groups is 2. The zero-order valence-corrected chi connectivity index (χ0v) is 15.0. The summed E-state index contributed by atoms with van der Waals surface area (Å²) in [5, 5.41) is 8.79. The van der Waals surface area contributed by atoms with Crippen molar-refractivity contribution in [3.8, 4) is 0 Å². The van der Waals surface area contributed by atoms with E-state index in [0.29, 0.717) is 18.8 Å². The third-order valence-electron chi connectivity index (χ3n) is 4.62. The van der Waals surface area contributed by atoms with Crippen LogP contribution >= 0.6 is 11.3 Å². The summed E-state index contributed by atoms with van der Waals surface area (Å²) in [6.45, 7) is 5.84. The Balaban J connectivity index is 1.74. The van der Waals surface area contributed by atoms with Crippen molar-refractivity contribution >= 4 is 23.2 Å². The lowest BCUT2D eigenvalue weighted by Gasteiger charge is -2.32. The summed E-state index contributed by atoms with van der Waals surface area (Å²) in [7, 11) is 0. The molecule has 1 fully saturated rings. The summed E-state index contributed by atoms with van der Waals surface area (Å²) < 4.78 is 0. The first-order valence-corrected chi connectivity index (χ1v) is 9.33. The number of carbonyl (C=O) groups excluding carboxylic acids is 1. The van der Waals surface area contributed by atoms with E-state index >= 15 is 0 Å². The SMILES string of the molecule is Cc1cc(CCCC(=O)N2CCC[C@H](CCC(=O)O)C2)c(C)s1. The maximum atomic E-state index is 12.4. The van der Waals surface area contributed by atoms with Crippen molar-refractivity contribution in [2.75, 3.05) is 13.1 Å². The van der Waals surface area contributed by atoms with Crippen LogP contribution in [0.25, 0.3) is 0 Å². The average molecular weight is 337 g/mol. The number of hydrogen-bond acceptors (Lipinski definition) is 3. The average Bonchev–Trinajstić information content (AvgIpc) is 2.83. The minimum absolute atomic E-state index is 0.212. The van der Waals surface area contributed by atoms with Gasteiger partial charge >= 0.3 is 5.97 Å². The first kappa shape index (κ1) is 18.0. The lowest BCUT2D eigenvalue weighted by atomic mass is 9.93. The number of carboxylic acid groups (broad SMARTS) is 1. The summed E-state index contributed by atoms with van der Waals surface area (Å²) >= 11 is 1.82. The number of amides is 1. The Morgan fingerprint density at radius 2 is 2.13 bits per heavy atom. The standard InChI is InChI=1S/C18H27NO3S/c1-13-11-16(14(2)23-13)6-3-7-17(20)19-10-4-5-15(12-19)8-9-18(21)22/h11,15H,3-10,12H2,1-2H3,(H,21,22)/t15-/m1/s1. The van der Waals surface area contributed by atoms with Crippen LogP contribution in [-0.4, -0.2) is 35.0 Å². The zero-order chi connectivity index (χ0) is 16.8. The molecule has 2 heterocycles. The van der Waals surface area contributed by atoms with Crippen LogP contribution in [0, 0.1) is 19.8 Å². The fourth-order valence-corrected chi connectivity index (χ4v) is 4.35. The molecule has 0 aliphatic carbocycles. The van der Waals surface area contributed by atoms with E-state index in [-0.39, 0.29) is 12.3 Å². The molecule has 1 aliphatic heterocycles. The molecule has 1 aromatic rings. The minimum atomic E-state index is -0.741. The molecule has 5 heteroatoms. The third kappa shape index (κ3) is 5.65. The molecule has 1 aliphatic rings. The van der Waals surface area contributed by atoms with Crippen LogP contribution in [0.1, 0.15) is 53.8 Å². The van der Waals surface area contributed by atoms with Crippen LogP contribution in [-0.2, 0) is 16.0 Å². The molecule has 4 nitrogen and oxygen atoms in total. The van der Waals surface area contributed by atoms with Crippen molar-refractivity contribution in [3.05, 3.63) is 21.4 Å². The Labute approximate surface area is 142 Å². The van der Waals surface area contributed by atoms with Gasteiger partial charge in [-0.05, 0) is 63.5 Å². The monoisotopic (exact) mass is 337 g/mol. The van der Waals surface area contributed by atoms with Crippen molar-refractivity contribution in [2.24, 2.45) is 5.92 Å². The van der Waals surface area contributed by atoms with E-state index in [9.17, 15) is 9.59 Å². The molecule has 0 radical (unpaired) electrons. The predicted molar refractivity (Wildman–Crippen MR) is 92.9 cm³/mol. The first-order valence-electron chi connectivity index (χ1n) is 8.51. The second kappa shape index (κ2) is 8.48. The molecular formula is C18H27NO3S. The number of aryl methyl sites for hydroxylation is 3. The number of thiophene rings is 1. The van der Waals surface area contributed by atoms with Gasteiger partial charge in [0, 0.05) is 35.7 Å². The quantitative estimate of drug-likeness (QED) is 0.823. The van der Waals surface area contributed by atoms with Crippen molar-refractivity contribution in [2.45, 2.75) is 58.8 Å². The molecule has 1 saturated heterocycles. The second-order valence-corrected chi connectivity index (χ2v) is 8.03. The number of hydrogen-bond donors (Lipinski definition) is 1. The van der Waals surface area contributed by atoms with Gasteiger partial charge in [0.1, 0.15) is 0 Å². The topological polar surface area (TPSA) is 57.6 Å². The maximum absolute atomic E-state index is 12.4. The number of nitrogens with zero attached hydrogens (tertiary/aromatic N) is 1. The Hall–Kier alpha value is -1.36. The highest BCUT2D eigenvalue weighted by Gasteiger charge is 2.23. The molecule has 0 saturated carbocycles. The predicted octanol–water partition coefficient (Wildman–Crippen LogP) is 3.79. The Morgan fingerprint density at radius 1 is 1.35 bits per heavy atom. The van der Waals surface area contributed by atoms with Crippen LogP contribution in [0.15, 0.2) is 6.07 Å². The second-order valence-electron chi connectivity index (χ2n) is 6.57. The van der Waals surface area contributed by atoms with Gasteiger partial charge in [-0.3, -0.25) is 9.59 Å². The molecule has 0 bridgehead atoms.